The van der Waals surface area contributed by atoms with Gasteiger partial charge in [-0.15, -0.1) is 0 Å². The van der Waals surface area contributed by atoms with Gasteiger partial charge in [-0.3, -0.25) is 9.59 Å². The van der Waals surface area contributed by atoms with E-state index < -0.39 is 0 Å². The quantitative estimate of drug-likeness (QED) is 0.161. The predicted octanol–water partition coefficient (Wildman–Crippen LogP) is 6.78. The third-order valence-electron chi connectivity index (χ3n) is 13.7. The Morgan fingerprint density at radius 1 is 1.07 bits per heavy atom. The normalized spacial score (nSPS) is 37.8. The van der Waals surface area contributed by atoms with E-state index in [4.69, 9.17) is 9.47 Å². The van der Waals surface area contributed by atoms with E-state index >= 15 is 0 Å². The third kappa shape index (κ3) is 7.72. The summed E-state index contributed by atoms with van der Waals surface area (Å²) in [7, 11) is 0. The van der Waals surface area contributed by atoms with Gasteiger partial charge in [-0.1, -0.05) is 72.5 Å². The number of nitrogens with zero attached hydrogens (tertiary/aromatic N) is 1. The summed E-state index contributed by atoms with van der Waals surface area (Å²) in [6, 6.07) is -0.108. The van der Waals surface area contributed by atoms with Crippen molar-refractivity contribution in [2.45, 2.75) is 131 Å². The van der Waals surface area contributed by atoms with Gasteiger partial charge >= 0.3 is 0 Å². The maximum Gasteiger partial charge on any atom is 0.248 e. The van der Waals surface area contributed by atoms with Crippen LogP contribution in [0.1, 0.15) is 119 Å². The zero-order valence-corrected chi connectivity index (χ0v) is 30.0. The van der Waals surface area contributed by atoms with E-state index in [0.717, 1.165) is 54.8 Å². The first kappa shape index (κ1) is 35.9. The first-order valence-corrected chi connectivity index (χ1v) is 19.0. The molecule has 1 saturated heterocycles. The molecule has 0 spiro atoms. The number of aliphatic hydroxyl groups excluding tert-OH is 1. The van der Waals surface area contributed by atoms with Crippen molar-refractivity contribution in [3.63, 3.8) is 0 Å². The standard InChI is InChI=1S/C39H66N2O5/c1-26(2)8-7-9-28(4)33-12-13-34-32-11-10-29-21-31(14-16-38(29,5)35(32)15-17-39(33,34)6)46-24-36(43)40-18-19-45-25-37(44)41-22-27(3)20-30(41)23-42/h10,26-28,30-35,42H,7-9,11-25H2,1-6H3,(H,40,43)/t27-,28?,30+,31+,32?,33?,34?,35?,38+,39-/m1/s1. The summed E-state index contributed by atoms with van der Waals surface area (Å²) in [5.74, 6) is 5.23. The number of ether oxygens (including phenoxy) is 2. The molecule has 0 aromatic heterocycles. The van der Waals surface area contributed by atoms with E-state index in [9.17, 15) is 14.7 Å². The van der Waals surface area contributed by atoms with Crippen molar-refractivity contribution in [1.82, 2.24) is 10.2 Å². The summed E-state index contributed by atoms with van der Waals surface area (Å²) in [6.45, 7) is 15.9. The SMILES string of the molecule is CC(C)CCCC(C)C1CCC2C3CC=C4C[C@@H](OCC(=O)NCCOCC(=O)N5C[C@H](C)C[C@H]5CO)CC[C@]4(C)C3CC[C@]12C. The smallest absolute Gasteiger partial charge is 0.248 e. The van der Waals surface area contributed by atoms with Crippen molar-refractivity contribution in [2.24, 2.45) is 52.3 Å². The zero-order valence-electron chi connectivity index (χ0n) is 30.0. The number of rotatable bonds is 14. The minimum atomic E-state index is -0.129. The first-order chi connectivity index (χ1) is 22.0. The van der Waals surface area contributed by atoms with E-state index in [1.807, 2.05) is 0 Å². The summed E-state index contributed by atoms with van der Waals surface area (Å²) in [5.41, 5.74) is 2.40. The second kappa shape index (κ2) is 15.4. The zero-order chi connectivity index (χ0) is 33.1. The Labute approximate surface area is 280 Å². The summed E-state index contributed by atoms with van der Waals surface area (Å²) >= 11 is 0. The highest BCUT2D eigenvalue weighted by molar-refractivity contribution is 5.78. The molecular weight excluding hydrogens is 576 g/mol. The Kier molecular flexibility index (Phi) is 12.0. The number of hydrogen-bond acceptors (Lipinski definition) is 5. The number of nitrogens with one attached hydrogen (secondary N) is 1. The van der Waals surface area contributed by atoms with Crippen molar-refractivity contribution >= 4 is 11.8 Å². The van der Waals surface area contributed by atoms with Crippen LogP contribution in [0.25, 0.3) is 0 Å². The molecule has 0 aromatic carbocycles. The van der Waals surface area contributed by atoms with Crippen molar-refractivity contribution in [1.29, 1.82) is 0 Å². The number of amides is 2. The van der Waals surface area contributed by atoms with Crippen LogP contribution in [0.5, 0.6) is 0 Å². The number of allylic oxidation sites excluding steroid dienone is 1. The second-order valence-electron chi connectivity index (χ2n) is 17.1. The van der Waals surface area contributed by atoms with Crippen LogP contribution in [0.3, 0.4) is 0 Å². The molecule has 1 aliphatic heterocycles. The van der Waals surface area contributed by atoms with Gasteiger partial charge in [-0.05, 0) is 110 Å². The summed E-state index contributed by atoms with van der Waals surface area (Å²) in [5, 5.41) is 12.4. The molecule has 2 amide bonds. The lowest BCUT2D eigenvalue weighted by Gasteiger charge is -2.58. The molecule has 262 valence electrons. The highest BCUT2D eigenvalue weighted by Crippen LogP contribution is 2.67. The lowest BCUT2D eigenvalue weighted by molar-refractivity contribution is -0.137. The van der Waals surface area contributed by atoms with Crippen LogP contribution in [0.15, 0.2) is 11.6 Å². The van der Waals surface area contributed by atoms with Gasteiger partial charge in [0.2, 0.25) is 11.8 Å². The minimum absolute atomic E-state index is 0.0106. The molecular formula is C39H66N2O5. The van der Waals surface area contributed by atoms with E-state index in [-0.39, 0.29) is 55.8 Å². The molecule has 3 saturated carbocycles. The van der Waals surface area contributed by atoms with Gasteiger partial charge in [0.25, 0.3) is 0 Å². The Balaban J connectivity index is 1.04. The van der Waals surface area contributed by atoms with E-state index in [2.05, 4.69) is 52.9 Å². The van der Waals surface area contributed by atoms with Gasteiger partial charge in [0, 0.05) is 13.1 Å². The lowest BCUT2D eigenvalue weighted by atomic mass is 9.47. The van der Waals surface area contributed by atoms with Gasteiger partial charge < -0.3 is 24.8 Å². The lowest BCUT2D eigenvalue weighted by Crippen LogP contribution is -2.51. The van der Waals surface area contributed by atoms with Crippen LogP contribution in [-0.4, -0.2) is 73.5 Å². The van der Waals surface area contributed by atoms with Crippen LogP contribution >= 0.6 is 0 Å². The van der Waals surface area contributed by atoms with Gasteiger partial charge in [0.15, 0.2) is 0 Å². The van der Waals surface area contributed by atoms with Crippen LogP contribution in [-0.2, 0) is 19.1 Å². The Morgan fingerprint density at radius 3 is 2.63 bits per heavy atom. The highest BCUT2D eigenvalue weighted by Gasteiger charge is 2.59. The van der Waals surface area contributed by atoms with Crippen molar-refractivity contribution < 1.29 is 24.2 Å². The molecule has 4 aliphatic carbocycles. The Hall–Kier alpha value is -1.44. The van der Waals surface area contributed by atoms with Crippen molar-refractivity contribution in [3.05, 3.63) is 11.6 Å². The molecule has 7 nitrogen and oxygen atoms in total. The largest absolute Gasteiger partial charge is 0.394 e. The molecule has 4 fully saturated rings. The number of carbonyl (C=O) groups is 2. The van der Waals surface area contributed by atoms with Crippen LogP contribution in [0.4, 0.5) is 0 Å². The molecule has 7 heteroatoms. The molecule has 0 radical (unpaired) electrons. The Morgan fingerprint density at radius 2 is 1.87 bits per heavy atom. The maximum atomic E-state index is 12.5. The van der Waals surface area contributed by atoms with Gasteiger partial charge in [-0.25, -0.2) is 0 Å². The molecule has 0 aromatic rings. The minimum Gasteiger partial charge on any atom is -0.394 e. The van der Waals surface area contributed by atoms with Crippen LogP contribution in [0, 0.1) is 52.3 Å². The van der Waals surface area contributed by atoms with Gasteiger partial charge in [-0.2, -0.15) is 0 Å². The van der Waals surface area contributed by atoms with E-state index in [1.165, 1.54) is 57.8 Å². The molecule has 5 aliphatic rings. The molecule has 5 unspecified atom stereocenters. The summed E-state index contributed by atoms with van der Waals surface area (Å²) < 4.78 is 11.7. The number of fused-ring (bicyclic) bond motifs is 5. The molecule has 5 rings (SSSR count). The van der Waals surface area contributed by atoms with Gasteiger partial charge in [0.1, 0.15) is 13.2 Å². The average molecular weight is 643 g/mol. The number of aliphatic hydroxyl groups is 1. The molecule has 2 N–H and O–H groups in total. The van der Waals surface area contributed by atoms with Crippen LogP contribution < -0.4 is 5.32 Å². The second-order valence-corrected chi connectivity index (χ2v) is 17.1. The molecule has 10 atom stereocenters. The molecule has 1 heterocycles. The van der Waals surface area contributed by atoms with E-state index in [0.29, 0.717) is 24.4 Å². The predicted molar refractivity (Wildman–Crippen MR) is 183 cm³/mol. The summed E-state index contributed by atoms with van der Waals surface area (Å²) in [4.78, 5) is 26.7. The number of hydrogen-bond donors (Lipinski definition) is 2. The topological polar surface area (TPSA) is 88.1 Å². The fourth-order valence-corrected chi connectivity index (χ4v) is 11.2. The fraction of sp³-hybridized carbons (Fsp3) is 0.897. The van der Waals surface area contributed by atoms with E-state index in [1.54, 1.807) is 10.5 Å². The molecule has 46 heavy (non-hydrogen) atoms. The molecule has 0 bridgehead atoms. The first-order valence-electron chi connectivity index (χ1n) is 19.0. The third-order valence-corrected chi connectivity index (χ3v) is 13.7. The van der Waals surface area contributed by atoms with Crippen LogP contribution in [0.2, 0.25) is 0 Å². The number of likely N-dealkylation sites (tertiary alicyclic amines) is 1. The van der Waals surface area contributed by atoms with Crippen molar-refractivity contribution in [2.75, 3.05) is 39.5 Å². The monoisotopic (exact) mass is 642 g/mol. The number of carbonyl (C=O) groups excluding carboxylic acids is 2. The average Bonchev–Trinajstić information content (AvgIpc) is 3.58. The summed E-state index contributed by atoms with van der Waals surface area (Å²) in [6.07, 6.45) is 17.7. The Bertz CT molecular complexity index is 1080. The van der Waals surface area contributed by atoms with Crippen molar-refractivity contribution in [3.8, 4) is 0 Å². The fourth-order valence-electron chi connectivity index (χ4n) is 11.2. The van der Waals surface area contributed by atoms with Gasteiger partial charge in [0.05, 0.1) is 25.4 Å². The highest BCUT2D eigenvalue weighted by atomic mass is 16.5. The maximum absolute atomic E-state index is 12.5.